The van der Waals surface area contributed by atoms with Crippen LogP contribution in [0.2, 0.25) is 0 Å². The van der Waals surface area contributed by atoms with Crippen LogP contribution in [-0.2, 0) is 4.79 Å². The first-order chi connectivity index (χ1) is 12.2. The predicted octanol–water partition coefficient (Wildman–Crippen LogP) is 3.51. The molecule has 2 aromatic rings. The molecule has 2 amide bonds. The summed E-state index contributed by atoms with van der Waals surface area (Å²) >= 11 is 3.22. The fourth-order valence-corrected chi connectivity index (χ4v) is 4.39. The van der Waals surface area contributed by atoms with Gasteiger partial charge in [-0.25, -0.2) is 0 Å². The molecule has 4 nitrogen and oxygen atoms in total. The van der Waals surface area contributed by atoms with E-state index in [4.69, 9.17) is 0 Å². The minimum absolute atomic E-state index is 0.0223. The number of rotatable bonds is 6. The van der Waals surface area contributed by atoms with Crippen LogP contribution in [0.3, 0.4) is 0 Å². The standard InChI is InChI=1S/C19H22N2O2S2/c22-18(20-10-14-24-16-5-2-1-3-6-16)15-8-11-21(12-9-15)19(23)17-7-4-13-25-17/h1-7,13,15H,8-12,14H2,(H,20,22). The fraction of sp³-hybridized carbons (Fsp3) is 0.368. The molecule has 6 heteroatoms. The number of amides is 2. The zero-order valence-corrected chi connectivity index (χ0v) is 15.7. The van der Waals surface area contributed by atoms with E-state index >= 15 is 0 Å². The number of piperidine rings is 1. The molecule has 3 rings (SSSR count). The van der Waals surface area contributed by atoms with Crippen LogP contribution >= 0.6 is 23.1 Å². The van der Waals surface area contributed by atoms with E-state index in [9.17, 15) is 9.59 Å². The summed E-state index contributed by atoms with van der Waals surface area (Å²) < 4.78 is 0. The Kier molecular flexibility index (Phi) is 6.53. The third-order valence-electron chi connectivity index (χ3n) is 4.30. The molecule has 0 aliphatic carbocycles. The number of carbonyl (C=O) groups is 2. The highest BCUT2D eigenvalue weighted by Gasteiger charge is 2.27. The average Bonchev–Trinajstić information content (AvgIpc) is 3.20. The highest BCUT2D eigenvalue weighted by molar-refractivity contribution is 7.99. The lowest BCUT2D eigenvalue weighted by Gasteiger charge is -2.31. The molecule has 1 aliphatic heterocycles. The van der Waals surface area contributed by atoms with Crippen LogP contribution < -0.4 is 5.32 Å². The van der Waals surface area contributed by atoms with Gasteiger partial charge in [-0.15, -0.1) is 23.1 Å². The molecule has 0 unspecified atom stereocenters. The van der Waals surface area contributed by atoms with Gasteiger partial charge in [0.1, 0.15) is 0 Å². The normalized spacial score (nSPS) is 15.1. The minimum Gasteiger partial charge on any atom is -0.355 e. The maximum atomic E-state index is 12.3. The molecule has 0 saturated carbocycles. The van der Waals surface area contributed by atoms with Crippen molar-refractivity contribution in [1.29, 1.82) is 0 Å². The first-order valence-electron chi connectivity index (χ1n) is 8.52. The maximum Gasteiger partial charge on any atom is 0.263 e. The number of nitrogens with one attached hydrogen (secondary N) is 1. The molecule has 1 aromatic carbocycles. The molecule has 1 N–H and O–H groups in total. The van der Waals surface area contributed by atoms with E-state index in [-0.39, 0.29) is 17.7 Å². The molecule has 0 radical (unpaired) electrons. The Morgan fingerprint density at radius 1 is 1.12 bits per heavy atom. The number of likely N-dealkylation sites (tertiary alicyclic amines) is 1. The van der Waals surface area contributed by atoms with E-state index < -0.39 is 0 Å². The fourth-order valence-electron chi connectivity index (χ4n) is 2.91. The van der Waals surface area contributed by atoms with E-state index in [0.717, 1.165) is 23.5 Å². The zero-order chi connectivity index (χ0) is 17.5. The lowest BCUT2D eigenvalue weighted by atomic mass is 9.96. The second-order valence-corrected chi connectivity index (χ2v) is 8.11. The summed E-state index contributed by atoms with van der Waals surface area (Å²) in [4.78, 5) is 28.5. The van der Waals surface area contributed by atoms with Gasteiger partial charge >= 0.3 is 0 Å². The van der Waals surface area contributed by atoms with Crippen LogP contribution in [0.1, 0.15) is 22.5 Å². The molecule has 0 atom stereocenters. The van der Waals surface area contributed by atoms with Crippen molar-refractivity contribution in [2.45, 2.75) is 17.7 Å². The molecular formula is C19H22N2O2S2. The van der Waals surface area contributed by atoms with Crippen LogP contribution in [0, 0.1) is 5.92 Å². The Balaban J connectivity index is 1.36. The highest BCUT2D eigenvalue weighted by atomic mass is 32.2. The van der Waals surface area contributed by atoms with E-state index in [0.29, 0.717) is 19.6 Å². The lowest BCUT2D eigenvalue weighted by molar-refractivity contribution is -0.126. The van der Waals surface area contributed by atoms with Gasteiger partial charge in [-0.1, -0.05) is 24.3 Å². The summed E-state index contributed by atoms with van der Waals surface area (Å²) in [6, 6.07) is 13.9. The third-order valence-corrected chi connectivity index (χ3v) is 6.17. The summed E-state index contributed by atoms with van der Waals surface area (Å²) in [7, 11) is 0. The van der Waals surface area contributed by atoms with E-state index in [1.807, 2.05) is 40.6 Å². The third kappa shape index (κ3) is 5.09. The first-order valence-corrected chi connectivity index (χ1v) is 10.4. The number of hydrogen-bond donors (Lipinski definition) is 1. The van der Waals surface area contributed by atoms with Gasteiger partial charge < -0.3 is 10.2 Å². The van der Waals surface area contributed by atoms with Crippen LogP contribution in [0.5, 0.6) is 0 Å². The topological polar surface area (TPSA) is 49.4 Å². The smallest absolute Gasteiger partial charge is 0.263 e. The predicted molar refractivity (Wildman–Crippen MR) is 103 cm³/mol. The average molecular weight is 375 g/mol. The van der Waals surface area contributed by atoms with Crippen molar-refractivity contribution in [2.75, 3.05) is 25.4 Å². The molecule has 132 valence electrons. The van der Waals surface area contributed by atoms with Crippen LogP contribution in [-0.4, -0.2) is 42.1 Å². The monoisotopic (exact) mass is 374 g/mol. The van der Waals surface area contributed by atoms with E-state index in [1.54, 1.807) is 11.8 Å². The SMILES string of the molecule is O=C(NCCSc1ccccc1)C1CCN(C(=O)c2cccs2)CC1. The van der Waals surface area contributed by atoms with Crippen LogP contribution in [0.4, 0.5) is 0 Å². The van der Waals surface area contributed by atoms with E-state index in [2.05, 4.69) is 17.4 Å². The van der Waals surface area contributed by atoms with Gasteiger partial charge in [0.05, 0.1) is 4.88 Å². The number of nitrogens with zero attached hydrogens (tertiary/aromatic N) is 1. The molecule has 0 spiro atoms. The number of thioether (sulfide) groups is 1. The molecule has 1 aliphatic rings. The summed E-state index contributed by atoms with van der Waals surface area (Å²) in [5.41, 5.74) is 0. The summed E-state index contributed by atoms with van der Waals surface area (Å²) in [6.45, 7) is 1.99. The summed E-state index contributed by atoms with van der Waals surface area (Å²) in [5, 5.41) is 4.95. The van der Waals surface area contributed by atoms with Crippen molar-refractivity contribution in [3.05, 3.63) is 52.7 Å². The van der Waals surface area contributed by atoms with Crippen molar-refractivity contribution >= 4 is 34.9 Å². The molecule has 1 aromatic heterocycles. The summed E-state index contributed by atoms with van der Waals surface area (Å²) in [5.74, 6) is 1.10. The van der Waals surface area contributed by atoms with Crippen LogP contribution in [0.15, 0.2) is 52.7 Å². The molecule has 1 fully saturated rings. The van der Waals surface area contributed by atoms with Gasteiger partial charge in [0, 0.05) is 36.2 Å². The summed E-state index contributed by atoms with van der Waals surface area (Å²) in [6.07, 6.45) is 1.49. The Bertz CT molecular complexity index is 681. The first kappa shape index (κ1) is 18.0. The second-order valence-electron chi connectivity index (χ2n) is 6.00. The number of benzene rings is 1. The number of hydrogen-bond acceptors (Lipinski definition) is 4. The van der Waals surface area contributed by atoms with Crippen molar-refractivity contribution in [1.82, 2.24) is 10.2 Å². The van der Waals surface area contributed by atoms with Crippen molar-refractivity contribution in [3.63, 3.8) is 0 Å². The van der Waals surface area contributed by atoms with Crippen LogP contribution in [0.25, 0.3) is 0 Å². The highest BCUT2D eigenvalue weighted by Crippen LogP contribution is 2.21. The van der Waals surface area contributed by atoms with Crippen molar-refractivity contribution in [3.8, 4) is 0 Å². The Morgan fingerprint density at radius 2 is 1.88 bits per heavy atom. The van der Waals surface area contributed by atoms with E-state index in [1.165, 1.54) is 16.2 Å². The molecule has 1 saturated heterocycles. The van der Waals surface area contributed by atoms with Crippen molar-refractivity contribution < 1.29 is 9.59 Å². The van der Waals surface area contributed by atoms with Gasteiger partial charge in [-0.05, 0) is 36.4 Å². The second kappa shape index (κ2) is 9.06. The van der Waals surface area contributed by atoms with Gasteiger partial charge in [0.15, 0.2) is 0 Å². The Hall–Kier alpha value is -1.79. The number of carbonyl (C=O) groups excluding carboxylic acids is 2. The number of thiophene rings is 1. The van der Waals surface area contributed by atoms with Crippen molar-refractivity contribution in [2.24, 2.45) is 5.92 Å². The molecule has 0 bridgehead atoms. The molecule has 2 heterocycles. The minimum atomic E-state index is 0.0223. The van der Waals surface area contributed by atoms with Gasteiger partial charge in [-0.2, -0.15) is 0 Å². The Morgan fingerprint density at radius 3 is 2.56 bits per heavy atom. The largest absolute Gasteiger partial charge is 0.355 e. The maximum absolute atomic E-state index is 12.3. The Labute approximate surface area is 156 Å². The quantitative estimate of drug-likeness (QED) is 0.622. The zero-order valence-electron chi connectivity index (χ0n) is 14.0. The molecular weight excluding hydrogens is 352 g/mol. The lowest BCUT2D eigenvalue weighted by Crippen LogP contribution is -2.43. The van der Waals surface area contributed by atoms with Gasteiger partial charge in [0.25, 0.3) is 5.91 Å². The van der Waals surface area contributed by atoms with Gasteiger partial charge in [-0.3, -0.25) is 9.59 Å². The molecule has 25 heavy (non-hydrogen) atoms. The van der Waals surface area contributed by atoms with Gasteiger partial charge in [0.2, 0.25) is 5.91 Å².